The van der Waals surface area contributed by atoms with Crippen LogP contribution in [0.3, 0.4) is 0 Å². The van der Waals surface area contributed by atoms with Crippen molar-refractivity contribution in [3.8, 4) is 6.07 Å². The highest BCUT2D eigenvalue weighted by Crippen LogP contribution is 2.31. The van der Waals surface area contributed by atoms with Gasteiger partial charge in [0, 0.05) is 30.3 Å². The van der Waals surface area contributed by atoms with Crippen molar-refractivity contribution < 1.29 is 18.4 Å². The summed E-state index contributed by atoms with van der Waals surface area (Å²) >= 11 is 0. The number of carbonyl (C=O) groups is 2. The molecule has 1 aliphatic heterocycles. The Morgan fingerprint density at radius 1 is 1.31 bits per heavy atom. The number of allylic oxidation sites excluding steroid dienone is 1. The fourth-order valence-electron chi connectivity index (χ4n) is 3.98. The number of fused-ring (bicyclic) bond motifs is 1. The number of aromatic amines is 1. The Morgan fingerprint density at radius 2 is 2.11 bits per heavy atom. The molecule has 35 heavy (non-hydrogen) atoms. The van der Waals surface area contributed by atoms with E-state index in [1.165, 1.54) is 18.3 Å². The normalized spacial score (nSPS) is 17.3. The molecule has 0 spiro atoms. The fraction of sp³-hybridized carbons (Fsp3) is 0.240. The predicted octanol–water partition coefficient (Wildman–Crippen LogP) is 2.97. The molecule has 1 fully saturated rings. The monoisotopic (exact) mass is 477 g/mol. The first-order chi connectivity index (χ1) is 16.7. The van der Waals surface area contributed by atoms with E-state index >= 15 is 0 Å². The summed E-state index contributed by atoms with van der Waals surface area (Å²) in [6.07, 6.45) is 4.22. The minimum atomic E-state index is -3.13. The molecule has 2 aromatic heterocycles. The predicted molar refractivity (Wildman–Crippen MR) is 125 cm³/mol. The number of nitrogens with zero attached hydrogens (tertiary/aromatic N) is 3. The number of likely N-dealkylation sites (tertiary alicyclic amines) is 1. The summed E-state index contributed by atoms with van der Waals surface area (Å²) in [5.41, 5.74) is 3.12. The van der Waals surface area contributed by atoms with Crippen molar-refractivity contribution in [1.29, 1.82) is 5.26 Å². The fourth-order valence-corrected chi connectivity index (χ4v) is 3.98. The van der Waals surface area contributed by atoms with Gasteiger partial charge in [0.25, 0.3) is 11.8 Å². The number of nitrogens with one attached hydrogen (secondary N) is 2. The van der Waals surface area contributed by atoms with Crippen LogP contribution in [0.5, 0.6) is 0 Å². The Bertz CT molecular complexity index is 1420. The van der Waals surface area contributed by atoms with E-state index in [2.05, 4.69) is 15.3 Å². The standard InChI is InChI=1S/C25H21F2N5O3/c1-15(8-16-2-5-22(33)30-12-16)17-3-4-21-20(9-17)19(6-7-29-21)24(35)31-13-23(34)32-14-25(26,27)10-18(32)11-28/h2-9,12,18H,10,13-14H2,1H3,(H,30,33)(H,31,35)/b15-8+. The number of H-pyrrole nitrogens is 1. The number of benzene rings is 1. The quantitative estimate of drug-likeness (QED) is 0.586. The molecule has 4 rings (SSSR count). The molecule has 1 unspecified atom stereocenters. The van der Waals surface area contributed by atoms with Gasteiger partial charge >= 0.3 is 0 Å². The van der Waals surface area contributed by atoms with Gasteiger partial charge in [0.15, 0.2) is 0 Å². The number of rotatable bonds is 5. The van der Waals surface area contributed by atoms with Gasteiger partial charge < -0.3 is 15.2 Å². The average Bonchev–Trinajstić information content (AvgIpc) is 3.17. The molecule has 0 bridgehead atoms. The SMILES string of the molecule is C/C(=C\c1ccc(=O)[nH]c1)c1ccc2nccc(C(=O)NCC(=O)N3CC(F)(F)CC3C#N)c2c1. The number of carbonyl (C=O) groups excluding carboxylic acids is 2. The second-order valence-electron chi connectivity index (χ2n) is 8.31. The Labute approximate surface area is 198 Å². The van der Waals surface area contributed by atoms with Gasteiger partial charge in [-0.25, -0.2) is 8.78 Å². The summed E-state index contributed by atoms with van der Waals surface area (Å²) in [4.78, 5) is 44.3. The van der Waals surface area contributed by atoms with Gasteiger partial charge in [-0.3, -0.25) is 19.4 Å². The van der Waals surface area contributed by atoms with E-state index in [-0.39, 0.29) is 11.1 Å². The van der Waals surface area contributed by atoms with Gasteiger partial charge in [-0.2, -0.15) is 5.26 Å². The zero-order chi connectivity index (χ0) is 25.2. The van der Waals surface area contributed by atoms with Crippen LogP contribution < -0.4 is 10.9 Å². The van der Waals surface area contributed by atoms with Crippen molar-refractivity contribution in [3.63, 3.8) is 0 Å². The first kappa shape index (κ1) is 23.8. The Balaban J connectivity index is 1.54. The molecule has 8 nitrogen and oxygen atoms in total. The largest absolute Gasteiger partial charge is 0.343 e. The van der Waals surface area contributed by atoms with Crippen molar-refractivity contribution >= 4 is 34.4 Å². The van der Waals surface area contributed by atoms with Crippen LogP contribution >= 0.6 is 0 Å². The van der Waals surface area contributed by atoms with E-state index in [1.807, 2.05) is 19.1 Å². The molecule has 0 aliphatic carbocycles. The molecule has 0 radical (unpaired) electrons. The van der Waals surface area contributed by atoms with E-state index in [1.54, 1.807) is 30.5 Å². The highest BCUT2D eigenvalue weighted by Gasteiger charge is 2.47. The highest BCUT2D eigenvalue weighted by atomic mass is 19.3. The maximum Gasteiger partial charge on any atom is 0.268 e. The van der Waals surface area contributed by atoms with Crippen molar-refractivity contribution in [2.45, 2.75) is 25.3 Å². The molecule has 1 atom stereocenters. The van der Waals surface area contributed by atoms with Gasteiger partial charge in [0.1, 0.15) is 6.04 Å². The lowest BCUT2D eigenvalue weighted by Crippen LogP contribution is -2.43. The number of nitriles is 1. The average molecular weight is 477 g/mol. The number of pyridine rings is 2. The molecular formula is C25H21F2N5O3. The molecule has 1 aromatic carbocycles. The number of halogens is 2. The van der Waals surface area contributed by atoms with Gasteiger partial charge in [-0.05, 0) is 54.0 Å². The molecule has 178 valence electrons. The Kier molecular flexibility index (Phi) is 6.42. The van der Waals surface area contributed by atoms with E-state index in [4.69, 9.17) is 5.26 Å². The van der Waals surface area contributed by atoms with Crippen LogP contribution in [-0.4, -0.2) is 51.7 Å². The van der Waals surface area contributed by atoms with Crippen LogP contribution in [0.4, 0.5) is 8.78 Å². The summed E-state index contributed by atoms with van der Waals surface area (Å²) in [5.74, 6) is -4.44. The van der Waals surface area contributed by atoms with Crippen LogP contribution in [0.1, 0.15) is 34.8 Å². The van der Waals surface area contributed by atoms with Gasteiger partial charge in [-0.15, -0.1) is 0 Å². The second-order valence-corrected chi connectivity index (χ2v) is 8.31. The first-order valence-electron chi connectivity index (χ1n) is 10.8. The first-order valence-corrected chi connectivity index (χ1v) is 10.8. The summed E-state index contributed by atoms with van der Waals surface area (Å²) in [6, 6.07) is 10.5. The summed E-state index contributed by atoms with van der Waals surface area (Å²) in [5, 5.41) is 12.1. The van der Waals surface area contributed by atoms with Crippen LogP contribution in [0, 0.1) is 11.3 Å². The number of amides is 2. The topological polar surface area (TPSA) is 119 Å². The third-order valence-corrected chi connectivity index (χ3v) is 5.77. The minimum absolute atomic E-state index is 0.202. The Morgan fingerprint density at radius 3 is 2.83 bits per heavy atom. The van der Waals surface area contributed by atoms with Crippen LogP contribution in [0.25, 0.3) is 22.6 Å². The molecule has 3 aromatic rings. The highest BCUT2D eigenvalue weighted by molar-refractivity contribution is 6.07. The number of alkyl halides is 2. The van der Waals surface area contributed by atoms with Crippen molar-refractivity contribution in [2.24, 2.45) is 0 Å². The number of aromatic nitrogens is 2. The molecule has 3 heterocycles. The van der Waals surface area contributed by atoms with Gasteiger partial charge in [0.2, 0.25) is 11.5 Å². The summed E-state index contributed by atoms with van der Waals surface area (Å²) < 4.78 is 27.3. The van der Waals surface area contributed by atoms with Crippen LogP contribution in [0.2, 0.25) is 0 Å². The van der Waals surface area contributed by atoms with Crippen molar-refractivity contribution in [1.82, 2.24) is 20.2 Å². The van der Waals surface area contributed by atoms with E-state index in [0.29, 0.717) is 10.9 Å². The summed E-state index contributed by atoms with van der Waals surface area (Å²) in [6.45, 7) is 0.530. The van der Waals surface area contributed by atoms with E-state index in [9.17, 15) is 23.2 Å². The molecule has 1 aliphatic rings. The molecule has 2 N–H and O–H groups in total. The molecular weight excluding hydrogens is 456 g/mol. The van der Waals surface area contributed by atoms with E-state index < -0.39 is 43.3 Å². The van der Waals surface area contributed by atoms with E-state index in [0.717, 1.165) is 21.6 Å². The van der Waals surface area contributed by atoms with Gasteiger partial charge in [0.05, 0.1) is 30.2 Å². The maximum absolute atomic E-state index is 13.6. The van der Waals surface area contributed by atoms with Crippen LogP contribution in [-0.2, 0) is 4.79 Å². The zero-order valence-corrected chi connectivity index (χ0v) is 18.7. The van der Waals surface area contributed by atoms with Crippen molar-refractivity contribution in [2.75, 3.05) is 13.1 Å². The third kappa shape index (κ3) is 5.24. The molecule has 10 heteroatoms. The van der Waals surface area contributed by atoms with Crippen molar-refractivity contribution in [3.05, 3.63) is 75.8 Å². The lowest BCUT2D eigenvalue weighted by atomic mass is 10.00. The molecule has 0 saturated carbocycles. The lowest BCUT2D eigenvalue weighted by Gasteiger charge is -2.19. The lowest BCUT2D eigenvalue weighted by molar-refractivity contribution is -0.131. The van der Waals surface area contributed by atoms with Crippen LogP contribution in [0.15, 0.2) is 53.6 Å². The smallest absolute Gasteiger partial charge is 0.268 e. The Hall–Kier alpha value is -4.39. The van der Waals surface area contributed by atoms with Gasteiger partial charge in [-0.1, -0.05) is 6.07 Å². The second kappa shape index (κ2) is 9.46. The number of hydrogen-bond acceptors (Lipinski definition) is 5. The minimum Gasteiger partial charge on any atom is -0.343 e. The number of hydrogen-bond donors (Lipinski definition) is 2. The summed E-state index contributed by atoms with van der Waals surface area (Å²) in [7, 11) is 0. The third-order valence-electron chi connectivity index (χ3n) is 5.77. The maximum atomic E-state index is 13.6. The zero-order valence-electron chi connectivity index (χ0n) is 18.7. The molecule has 2 amide bonds. The molecule has 1 saturated heterocycles.